The minimum absolute atomic E-state index is 0.148. The highest BCUT2D eigenvalue weighted by Gasteiger charge is 2.33. The summed E-state index contributed by atoms with van der Waals surface area (Å²) in [5, 5.41) is 2.77. The normalized spacial score (nSPS) is 15.6. The monoisotopic (exact) mass is 404 g/mol. The highest BCUT2D eigenvalue weighted by Crippen LogP contribution is 2.32. The van der Waals surface area contributed by atoms with Crippen LogP contribution < -0.4 is 5.32 Å². The van der Waals surface area contributed by atoms with Gasteiger partial charge in [-0.25, -0.2) is 9.37 Å². The fourth-order valence-electron chi connectivity index (χ4n) is 2.48. The molecule has 0 unspecified atom stereocenters. The molecular formula is C18H17FN4O2S2. The van der Waals surface area contributed by atoms with Gasteiger partial charge in [0.25, 0.3) is 5.91 Å². The summed E-state index contributed by atoms with van der Waals surface area (Å²) in [6.07, 6.45) is 7.46. The van der Waals surface area contributed by atoms with Crippen LogP contribution in [0.2, 0.25) is 0 Å². The second-order valence-electron chi connectivity index (χ2n) is 5.79. The van der Waals surface area contributed by atoms with Crippen molar-refractivity contribution in [1.82, 2.24) is 19.8 Å². The van der Waals surface area contributed by atoms with E-state index in [1.54, 1.807) is 30.7 Å². The van der Waals surface area contributed by atoms with Crippen LogP contribution in [0.1, 0.15) is 12.0 Å². The summed E-state index contributed by atoms with van der Waals surface area (Å²) in [7, 11) is 0. The molecule has 1 N–H and O–H groups in total. The molecule has 140 valence electrons. The molecule has 0 bridgehead atoms. The molecule has 2 amide bonds. The number of imidazole rings is 1. The largest absolute Gasteiger partial charge is 0.354 e. The number of hydrogen-bond donors (Lipinski definition) is 1. The summed E-state index contributed by atoms with van der Waals surface area (Å²) in [5.41, 5.74) is 0.307. The Bertz CT molecular complexity index is 883. The maximum absolute atomic E-state index is 13.8. The van der Waals surface area contributed by atoms with Crippen LogP contribution in [0.25, 0.3) is 6.08 Å². The first kappa shape index (κ1) is 19.2. The Kier molecular flexibility index (Phi) is 6.36. The number of thiocarbonyl (C=S) groups is 1. The van der Waals surface area contributed by atoms with Gasteiger partial charge in [0.15, 0.2) is 0 Å². The van der Waals surface area contributed by atoms with E-state index < -0.39 is 5.82 Å². The van der Waals surface area contributed by atoms with Gasteiger partial charge in [-0.15, -0.1) is 0 Å². The van der Waals surface area contributed by atoms with Gasteiger partial charge in [-0.2, -0.15) is 0 Å². The number of nitrogens with zero attached hydrogens (tertiary/aromatic N) is 3. The third kappa shape index (κ3) is 5.01. The van der Waals surface area contributed by atoms with Gasteiger partial charge in [0.2, 0.25) is 5.91 Å². The summed E-state index contributed by atoms with van der Waals surface area (Å²) in [5.74, 6) is -1.09. The first-order valence-corrected chi connectivity index (χ1v) is 9.49. The number of hydrogen-bond acceptors (Lipinski definition) is 5. The number of rotatable bonds is 7. The summed E-state index contributed by atoms with van der Waals surface area (Å²) < 4.78 is 16.0. The van der Waals surface area contributed by atoms with Gasteiger partial charge < -0.3 is 9.88 Å². The number of carbonyl (C=O) groups is 2. The van der Waals surface area contributed by atoms with E-state index in [-0.39, 0.29) is 22.7 Å². The quantitative estimate of drug-likeness (QED) is 0.436. The van der Waals surface area contributed by atoms with Crippen LogP contribution in [0.5, 0.6) is 0 Å². The SMILES string of the molecule is O=C(CN1C(=O)/C(=C/c2ccccc2F)SC1=S)NCCCn1ccnc1. The molecule has 0 spiro atoms. The van der Waals surface area contributed by atoms with E-state index in [4.69, 9.17) is 12.2 Å². The van der Waals surface area contributed by atoms with Crippen LogP contribution >= 0.6 is 24.0 Å². The maximum atomic E-state index is 13.8. The van der Waals surface area contributed by atoms with Crippen molar-refractivity contribution < 1.29 is 14.0 Å². The van der Waals surface area contributed by atoms with Gasteiger partial charge in [0, 0.05) is 31.0 Å². The molecule has 1 saturated heterocycles. The van der Waals surface area contributed by atoms with Crippen LogP contribution in [0, 0.1) is 5.82 Å². The topological polar surface area (TPSA) is 67.2 Å². The highest BCUT2D eigenvalue weighted by atomic mass is 32.2. The summed E-state index contributed by atoms with van der Waals surface area (Å²) >= 11 is 6.26. The third-order valence-corrected chi connectivity index (χ3v) is 5.22. The van der Waals surface area contributed by atoms with Crippen molar-refractivity contribution in [3.05, 3.63) is 59.3 Å². The molecule has 1 aromatic carbocycles. The Labute approximate surface area is 165 Å². The van der Waals surface area contributed by atoms with E-state index in [2.05, 4.69) is 10.3 Å². The molecule has 2 heterocycles. The van der Waals surface area contributed by atoms with E-state index in [0.29, 0.717) is 17.0 Å². The zero-order valence-electron chi connectivity index (χ0n) is 14.3. The van der Waals surface area contributed by atoms with Crippen molar-refractivity contribution >= 4 is 46.2 Å². The zero-order chi connectivity index (χ0) is 19.2. The minimum atomic E-state index is -0.418. The Balaban J connectivity index is 1.52. The van der Waals surface area contributed by atoms with Crippen LogP contribution in [-0.4, -0.2) is 43.7 Å². The van der Waals surface area contributed by atoms with Crippen LogP contribution in [0.15, 0.2) is 47.9 Å². The molecule has 2 aromatic rings. The number of thioether (sulfide) groups is 1. The second-order valence-corrected chi connectivity index (χ2v) is 7.47. The molecule has 1 fully saturated rings. The van der Waals surface area contributed by atoms with Crippen molar-refractivity contribution in [1.29, 1.82) is 0 Å². The highest BCUT2D eigenvalue weighted by molar-refractivity contribution is 8.26. The van der Waals surface area contributed by atoms with Crippen molar-refractivity contribution in [3.8, 4) is 0 Å². The van der Waals surface area contributed by atoms with Gasteiger partial charge in [-0.3, -0.25) is 14.5 Å². The van der Waals surface area contributed by atoms with Crippen molar-refractivity contribution in [2.75, 3.05) is 13.1 Å². The van der Waals surface area contributed by atoms with E-state index in [9.17, 15) is 14.0 Å². The lowest BCUT2D eigenvalue weighted by molar-refractivity contribution is -0.128. The third-order valence-electron chi connectivity index (χ3n) is 3.84. The van der Waals surface area contributed by atoms with E-state index in [0.717, 1.165) is 24.7 Å². The standard InChI is InChI=1S/C18H17FN4O2S2/c19-14-5-2-1-4-13(14)10-15-17(25)23(18(26)27-15)11-16(24)21-6-3-8-22-9-7-20-12-22/h1-2,4-5,7,9-10,12H,3,6,8,11H2,(H,21,24)/b15-10-. The average Bonchev–Trinajstić information content (AvgIpc) is 3.25. The van der Waals surface area contributed by atoms with Gasteiger partial charge in [-0.1, -0.05) is 42.2 Å². The molecule has 0 atom stereocenters. The number of aromatic nitrogens is 2. The number of amides is 2. The van der Waals surface area contributed by atoms with Gasteiger partial charge in [0.05, 0.1) is 11.2 Å². The molecule has 9 heteroatoms. The van der Waals surface area contributed by atoms with Crippen LogP contribution in [0.3, 0.4) is 0 Å². The minimum Gasteiger partial charge on any atom is -0.354 e. The van der Waals surface area contributed by atoms with Crippen LogP contribution in [0.4, 0.5) is 4.39 Å². The van der Waals surface area contributed by atoms with E-state index in [1.165, 1.54) is 17.0 Å². The number of halogens is 1. The summed E-state index contributed by atoms with van der Waals surface area (Å²) in [4.78, 5) is 30.1. The lowest BCUT2D eigenvalue weighted by atomic mass is 10.2. The molecular weight excluding hydrogens is 387 g/mol. The zero-order valence-corrected chi connectivity index (χ0v) is 15.9. The van der Waals surface area contributed by atoms with E-state index in [1.807, 2.05) is 10.8 Å². The maximum Gasteiger partial charge on any atom is 0.266 e. The summed E-state index contributed by atoms with van der Waals surface area (Å²) in [6, 6.07) is 6.17. The van der Waals surface area contributed by atoms with Gasteiger partial charge in [0.1, 0.15) is 16.7 Å². The lowest BCUT2D eigenvalue weighted by Gasteiger charge is -2.14. The van der Waals surface area contributed by atoms with Gasteiger partial charge >= 0.3 is 0 Å². The average molecular weight is 404 g/mol. The Morgan fingerprint density at radius 2 is 2.19 bits per heavy atom. The molecule has 3 rings (SSSR count). The molecule has 1 aromatic heterocycles. The van der Waals surface area contributed by atoms with E-state index >= 15 is 0 Å². The first-order valence-electron chi connectivity index (χ1n) is 8.27. The number of benzene rings is 1. The molecule has 0 radical (unpaired) electrons. The molecule has 0 aliphatic carbocycles. The second kappa shape index (κ2) is 8.92. The van der Waals surface area contributed by atoms with Crippen molar-refractivity contribution in [3.63, 3.8) is 0 Å². The summed E-state index contributed by atoms with van der Waals surface area (Å²) in [6.45, 7) is 1.08. The predicted molar refractivity (Wildman–Crippen MR) is 106 cm³/mol. The smallest absolute Gasteiger partial charge is 0.266 e. The molecule has 0 saturated carbocycles. The fourth-order valence-corrected chi connectivity index (χ4v) is 3.72. The Morgan fingerprint density at radius 3 is 2.93 bits per heavy atom. The molecule has 1 aliphatic rings. The first-order chi connectivity index (χ1) is 13.0. The number of nitrogens with one attached hydrogen (secondary N) is 1. The predicted octanol–water partition coefficient (Wildman–Crippen LogP) is 2.43. The molecule has 27 heavy (non-hydrogen) atoms. The van der Waals surface area contributed by atoms with Gasteiger partial charge in [-0.05, 0) is 18.6 Å². The Morgan fingerprint density at radius 1 is 1.37 bits per heavy atom. The van der Waals surface area contributed by atoms with Crippen molar-refractivity contribution in [2.24, 2.45) is 0 Å². The Hall–Kier alpha value is -2.52. The van der Waals surface area contributed by atoms with Crippen LogP contribution in [-0.2, 0) is 16.1 Å². The number of aryl methyl sites for hydroxylation is 1. The number of carbonyl (C=O) groups excluding carboxylic acids is 2. The molecule has 6 nitrogen and oxygen atoms in total. The fraction of sp³-hybridized carbons (Fsp3) is 0.222. The van der Waals surface area contributed by atoms with Crippen molar-refractivity contribution in [2.45, 2.75) is 13.0 Å². The lowest BCUT2D eigenvalue weighted by Crippen LogP contribution is -2.39. The molecule has 1 aliphatic heterocycles.